The Morgan fingerprint density at radius 3 is 2.48 bits per heavy atom. The van der Waals surface area contributed by atoms with Crippen molar-refractivity contribution in [3.8, 4) is 0 Å². The summed E-state index contributed by atoms with van der Waals surface area (Å²) in [5.74, 6) is -0.0520. The van der Waals surface area contributed by atoms with E-state index in [9.17, 15) is 14.0 Å². The number of hydrogen-bond acceptors (Lipinski definition) is 4. The number of ketones is 1. The van der Waals surface area contributed by atoms with Gasteiger partial charge in [0.15, 0.2) is 5.78 Å². The van der Waals surface area contributed by atoms with Crippen LogP contribution in [0.25, 0.3) is 0 Å². The van der Waals surface area contributed by atoms with Crippen molar-refractivity contribution in [1.29, 1.82) is 0 Å². The number of nitrogens with zero attached hydrogens (tertiary/aromatic N) is 3. The van der Waals surface area contributed by atoms with Gasteiger partial charge in [-0.2, -0.15) is 0 Å². The fourth-order valence-corrected chi connectivity index (χ4v) is 5.10. The lowest BCUT2D eigenvalue weighted by Gasteiger charge is -2.36. The van der Waals surface area contributed by atoms with Crippen LogP contribution in [0.15, 0.2) is 64.7 Å². The van der Waals surface area contributed by atoms with Gasteiger partial charge in [-0.05, 0) is 61.1 Å². The fraction of sp³-hybridized carbons (Fsp3) is 0.370. The number of carbonyl (C=O) groups excluding carboxylic acids is 2. The van der Waals surface area contributed by atoms with Crippen LogP contribution in [0.1, 0.15) is 41.6 Å². The molecule has 0 bridgehead atoms. The van der Waals surface area contributed by atoms with Crippen molar-refractivity contribution in [2.24, 2.45) is 4.99 Å². The fourth-order valence-electron chi connectivity index (χ4n) is 5.10. The number of allylic oxidation sites excluding steroid dienone is 1. The molecule has 6 heteroatoms. The van der Waals surface area contributed by atoms with E-state index < -0.39 is 0 Å². The molecular weight excluding hydrogens is 417 g/mol. The lowest BCUT2D eigenvalue weighted by molar-refractivity contribution is -0.114. The zero-order valence-electron chi connectivity index (χ0n) is 18.7. The first kappa shape index (κ1) is 21.6. The molecule has 5 rings (SSSR count). The summed E-state index contributed by atoms with van der Waals surface area (Å²) in [5, 5.41) is 0. The van der Waals surface area contributed by atoms with Crippen LogP contribution in [0.3, 0.4) is 0 Å². The molecule has 0 atom stereocenters. The minimum absolute atomic E-state index is 0.00312. The SMILES string of the molecule is O=C1CN=C(Cc2cccc(C(=O)N3CCN(c4ccccc4F)CC3)c2)C2=C1CCCC2. The molecule has 1 amide bonds. The number of aliphatic imine (C=N–C) groups is 1. The van der Waals surface area contributed by atoms with Crippen LogP contribution >= 0.6 is 0 Å². The average Bonchev–Trinajstić information content (AvgIpc) is 2.86. The van der Waals surface area contributed by atoms with Gasteiger partial charge in [-0.15, -0.1) is 0 Å². The van der Waals surface area contributed by atoms with Crippen molar-refractivity contribution in [3.63, 3.8) is 0 Å². The second-order valence-corrected chi connectivity index (χ2v) is 8.96. The summed E-state index contributed by atoms with van der Waals surface area (Å²) in [6.45, 7) is 2.58. The molecule has 2 heterocycles. The highest BCUT2D eigenvalue weighted by Gasteiger charge is 2.27. The maximum absolute atomic E-state index is 14.1. The van der Waals surface area contributed by atoms with Gasteiger partial charge < -0.3 is 9.80 Å². The first-order valence-corrected chi connectivity index (χ1v) is 11.8. The Hall–Kier alpha value is -3.28. The number of para-hydroxylation sites is 1. The Bertz CT molecular complexity index is 1150. The number of amides is 1. The quantitative estimate of drug-likeness (QED) is 0.708. The normalized spacial score (nSPS) is 18.8. The van der Waals surface area contributed by atoms with Crippen molar-refractivity contribution < 1.29 is 14.0 Å². The van der Waals surface area contributed by atoms with Gasteiger partial charge in [0.2, 0.25) is 0 Å². The van der Waals surface area contributed by atoms with Crippen molar-refractivity contribution in [3.05, 3.63) is 76.6 Å². The number of Topliss-reactive ketones (excluding diaryl/α,β-unsaturated/α-hetero) is 1. The van der Waals surface area contributed by atoms with Gasteiger partial charge in [-0.3, -0.25) is 14.6 Å². The van der Waals surface area contributed by atoms with E-state index in [1.165, 1.54) is 6.07 Å². The Morgan fingerprint density at radius 2 is 1.70 bits per heavy atom. The molecule has 33 heavy (non-hydrogen) atoms. The topological polar surface area (TPSA) is 53.0 Å². The van der Waals surface area contributed by atoms with Crippen molar-refractivity contribution >= 4 is 23.1 Å². The molecule has 0 N–H and O–H groups in total. The van der Waals surface area contributed by atoms with Crippen molar-refractivity contribution in [2.45, 2.75) is 32.1 Å². The van der Waals surface area contributed by atoms with Gasteiger partial charge in [-0.1, -0.05) is 24.3 Å². The molecule has 2 aliphatic heterocycles. The van der Waals surface area contributed by atoms with Gasteiger partial charge in [0.1, 0.15) is 12.4 Å². The lowest BCUT2D eigenvalue weighted by atomic mass is 9.83. The van der Waals surface area contributed by atoms with E-state index in [-0.39, 0.29) is 24.1 Å². The average molecular weight is 446 g/mol. The smallest absolute Gasteiger partial charge is 0.253 e. The first-order valence-electron chi connectivity index (χ1n) is 11.8. The molecule has 1 aliphatic carbocycles. The Balaban J connectivity index is 1.26. The standard InChI is InChI=1S/C27H28FN3O2/c28-23-10-3-4-11-25(23)30-12-14-31(15-13-30)27(33)20-7-5-6-19(16-20)17-24-21-8-1-2-9-22(21)26(32)18-29-24/h3-7,10-11,16H,1-2,8-9,12-15,17-18H2. The molecular formula is C27H28FN3O2. The molecule has 0 saturated carbocycles. The molecule has 0 aromatic heterocycles. The Labute approximate surface area is 193 Å². The van der Waals surface area contributed by atoms with Gasteiger partial charge in [-0.25, -0.2) is 4.39 Å². The maximum atomic E-state index is 14.1. The molecule has 2 aromatic carbocycles. The van der Waals surface area contributed by atoms with E-state index in [0.717, 1.165) is 48.1 Å². The molecule has 1 fully saturated rings. The third kappa shape index (κ3) is 4.47. The van der Waals surface area contributed by atoms with E-state index >= 15 is 0 Å². The largest absolute Gasteiger partial charge is 0.366 e. The number of hydrogen-bond donors (Lipinski definition) is 0. The lowest BCUT2D eigenvalue weighted by Crippen LogP contribution is -2.49. The summed E-state index contributed by atoms with van der Waals surface area (Å²) >= 11 is 0. The number of benzene rings is 2. The van der Waals surface area contributed by atoms with Gasteiger partial charge >= 0.3 is 0 Å². The van der Waals surface area contributed by atoms with Gasteiger partial charge in [0.05, 0.1) is 5.69 Å². The third-order valence-electron chi connectivity index (χ3n) is 6.87. The van der Waals surface area contributed by atoms with E-state index in [1.54, 1.807) is 12.1 Å². The van der Waals surface area contributed by atoms with Gasteiger partial charge in [0.25, 0.3) is 5.91 Å². The maximum Gasteiger partial charge on any atom is 0.253 e. The first-order chi connectivity index (χ1) is 16.1. The molecule has 2 aromatic rings. The molecule has 0 spiro atoms. The summed E-state index contributed by atoms with van der Waals surface area (Å²) in [4.78, 5) is 33.8. The number of rotatable bonds is 4. The van der Waals surface area contributed by atoms with E-state index in [2.05, 4.69) is 4.99 Å². The predicted molar refractivity (Wildman–Crippen MR) is 127 cm³/mol. The number of anilines is 1. The summed E-state index contributed by atoms with van der Waals surface area (Å²) in [5.41, 5.74) is 5.42. The van der Waals surface area contributed by atoms with Crippen LogP contribution in [0.2, 0.25) is 0 Å². The van der Waals surface area contributed by atoms with Crippen LogP contribution < -0.4 is 4.90 Å². The van der Waals surface area contributed by atoms with Crippen LogP contribution in [0.5, 0.6) is 0 Å². The molecule has 170 valence electrons. The summed E-state index contributed by atoms with van der Waals surface area (Å²) in [6, 6.07) is 14.5. The summed E-state index contributed by atoms with van der Waals surface area (Å²) < 4.78 is 14.1. The number of carbonyl (C=O) groups is 2. The molecule has 0 unspecified atom stereocenters. The molecule has 3 aliphatic rings. The summed E-state index contributed by atoms with van der Waals surface area (Å²) in [7, 11) is 0. The number of halogens is 1. The minimum Gasteiger partial charge on any atom is -0.366 e. The second-order valence-electron chi connectivity index (χ2n) is 8.96. The zero-order chi connectivity index (χ0) is 22.8. The molecule has 1 saturated heterocycles. The highest BCUT2D eigenvalue weighted by atomic mass is 19.1. The summed E-state index contributed by atoms with van der Waals surface area (Å²) in [6.07, 6.45) is 4.61. The number of piperazine rings is 1. The van der Waals surface area contributed by atoms with Crippen LogP contribution in [0.4, 0.5) is 10.1 Å². The molecule has 5 nitrogen and oxygen atoms in total. The Kier molecular flexibility index (Phi) is 6.07. The van der Waals surface area contributed by atoms with E-state index in [1.807, 2.05) is 40.1 Å². The minimum atomic E-state index is -0.228. The zero-order valence-corrected chi connectivity index (χ0v) is 18.7. The van der Waals surface area contributed by atoms with Gasteiger partial charge in [0, 0.05) is 49.4 Å². The highest BCUT2D eigenvalue weighted by molar-refractivity contribution is 6.14. The van der Waals surface area contributed by atoms with Crippen molar-refractivity contribution in [1.82, 2.24) is 4.90 Å². The predicted octanol–water partition coefficient (Wildman–Crippen LogP) is 4.22. The van der Waals surface area contributed by atoms with Crippen LogP contribution in [-0.4, -0.2) is 55.0 Å². The molecule has 0 radical (unpaired) electrons. The number of dihydropyridines is 1. The van der Waals surface area contributed by atoms with E-state index in [4.69, 9.17) is 0 Å². The second kappa shape index (κ2) is 9.30. The van der Waals surface area contributed by atoms with E-state index in [0.29, 0.717) is 43.9 Å². The van der Waals surface area contributed by atoms with Crippen LogP contribution in [-0.2, 0) is 11.2 Å². The third-order valence-corrected chi connectivity index (χ3v) is 6.87. The highest BCUT2D eigenvalue weighted by Crippen LogP contribution is 2.30. The van der Waals surface area contributed by atoms with Crippen molar-refractivity contribution in [2.75, 3.05) is 37.6 Å². The van der Waals surface area contributed by atoms with Crippen LogP contribution in [0, 0.1) is 5.82 Å². The Morgan fingerprint density at radius 1 is 0.939 bits per heavy atom. The monoisotopic (exact) mass is 445 g/mol.